The summed E-state index contributed by atoms with van der Waals surface area (Å²) in [5, 5.41) is 5.64. The molecule has 1 aromatic rings. The molecule has 0 heterocycles. The normalized spacial score (nSPS) is 10.0. The smallest absolute Gasteiger partial charge is 0.233 e. The number of rotatable bonds is 5. The Morgan fingerprint density at radius 1 is 1.33 bits per heavy atom. The third-order valence-corrected chi connectivity index (χ3v) is 2.80. The highest BCUT2D eigenvalue weighted by atomic mass is 32.2. The van der Waals surface area contributed by atoms with Crippen LogP contribution in [-0.2, 0) is 11.3 Å². The van der Waals surface area contributed by atoms with Crippen molar-refractivity contribution in [2.75, 3.05) is 19.8 Å². The Labute approximate surface area is 94.6 Å². The topological polar surface area (TPSA) is 41.1 Å². The van der Waals surface area contributed by atoms with Crippen molar-refractivity contribution in [1.82, 2.24) is 10.6 Å². The zero-order valence-corrected chi connectivity index (χ0v) is 9.86. The minimum absolute atomic E-state index is 0.00994. The molecule has 3 nitrogen and oxygen atoms in total. The fourth-order valence-electron chi connectivity index (χ4n) is 1.15. The summed E-state index contributed by atoms with van der Waals surface area (Å²) in [6.07, 6.45) is 2.05. The van der Waals surface area contributed by atoms with Crippen LogP contribution < -0.4 is 10.6 Å². The first kappa shape index (κ1) is 12.1. The number of likely N-dealkylation sites (N-methyl/N-ethyl adjacent to an activating group) is 1. The van der Waals surface area contributed by atoms with E-state index in [2.05, 4.69) is 41.2 Å². The highest BCUT2D eigenvalue weighted by molar-refractivity contribution is 7.98. The van der Waals surface area contributed by atoms with Gasteiger partial charge < -0.3 is 10.6 Å². The Morgan fingerprint density at radius 3 is 2.53 bits per heavy atom. The quantitative estimate of drug-likeness (QED) is 0.739. The second-order valence-electron chi connectivity index (χ2n) is 3.12. The number of benzene rings is 1. The summed E-state index contributed by atoms with van der Waals surface area (Å²) in [6, 6.07) is 8.31. The number of hydrogen-bond acceptors (Lipinski definition) is 3. The van der Waals surface area contributed by atoms with E-state index in [4.69, 9.17) is 0 Å². The van der Waals surface area contributed by atoms with Crippen molar-refractivity contribution < 1.29 is 4.79 Å². The van der Waals surface area contributed by atoms with Crippen LogP contribution >= 0.6 is 11.8 Å². The van der Waals surface area contributed by atoms with Crippen LogP contribution in [0.25, 0.3) is 0 Å². The zero-order chi connectivity index (χ0) is 11.1. The fourth-order valence-corrected chi connectivity index (χ4v) is 1.56. The van der Waals surface area contributed by atoms with Gasteiger partial charge in [0.05, 0.1) is 6.54 Å². The van der Waals surface area contributed by atoms with Crippen molar-refractivity contribution in [3.63, 3.8) is 0 Å². The van der Waals surface area contributed by atoms with Crippen molar-refractivity contribution in [1.29, 1.82) is 0 Å². The molecule has 0 aromatic heterocycles. The van der Waals surface area contributed by atoms with Gasteiger partial charge in [-0.05, 0) is 24.0 Å². The summed E-state index contributed by atoms with van der Waals surface area (Å²) in [5.74, 6) is 0.00994. The maximum Gasteiger partial charge on any atom is 0.233 e. The minimum Gasteiger partial charge on any atom is -0.358 e. The first-order valence-corrected chi connectivity index (χ1v) is 6.03. The van der Waals surface area contributed by atoms with E-state index in [1.165, 1.54) is 10.5 Å². The molecular formula is C11H16N2OS. The zero-order valence-electron chi connectivity index (χ0n) is 9.04. The summed E-state index contributed by atoms with van der Waals surface area (Å²) in [6.45, 7) is 1.09. The molecule has 1 amide bonds. The van der Waals surface area contributed by atoms with E-state index in [0.29, 0.717) is 6.54 Å². The van der Waals surface area contributed by atoms with Gasteiger partial charge in [-0.25, -0.2) is 0 Å². The minimum atomic E-state index is 0.00994. The van der Waals surface area contributed by atoms with Crippen LogP contribution in [0.15, 0.2) is 29.2 Å². The van der Waals surface area contributed by atoms with Gasteiger partial charge >= 0.3 is 0 Å². The molecule has 0 aliphatic carbocycles. The second-order valence-corrected chi connectivity index (χ2v) is 4.00. The second kappa shape index (κ2) is 6.48. The van der Waals surface area contributed by atoms with Crippen molar-refractivity contribution in [2.45, 2.75) is 11.4 Å². The van der Waals surface area contributed by atoms with E-state index in [1.54, 1.807) is 18.8 Å². The van der Waals surface area contributed by atoms with Crippen molar-refractivity contribution >= 4 is 17.7 Å². The number of amides is 1. The van der Waals surface area contributed by atoms with Gasteiger partial charge in [0.25, 0.3) is 0 Å². The number of nitrogens with one attached hydrogen (secondary N) is 2. The van der Waals surface area contributed by atoms with Gasteiger partial charge in [-0.3, -0.25) is 4.79 Å². The third kappa shape index (κ3) is 4.36. The van der Waals surface area contributed by atoms with E-state index in [0.717, 1.165) is 6.54 Å². The summed E-state index contributed by atoms with van der Waals surface area (Å²) in [7, 11) is 1.64. The molecule has 2 N–H and O–H groups in total. The van der Waals surface area contributed by atoms with Gasteiger partial charge in [-0.1, -0.05) is 12.1 Å². The van der Waals surface area contributed by atoms with Crippen LogP contribution in [0, 0.1) is 0 Å². The van der Waals surface area contributed by atoms with E-state index in [-0.39, 0.29) is 5.91 Å². The lowest BCUT2D eigenvalue weighted by Crippen LogP contribution is -2.30. The Morgan fingerprint density at radius 2 is 2.00 bits per heavy atom. The molecule has 0 radical (unpaired) electrons. The Kier molecular flexibility index (Phi) is 5.21. The fraction of sp³-hybridized carbons (Fsp3) is 0.364. The Hall–Kier alpha value is -1.00. The van der Waals surface area contributed by atoms with E-state index >= 15 is 0 Å². The van der Waals surface area contributed by atoms with Gasteiger partial charge in [0, 0.05) is 18.5 Å². The molecule has 0 saturated carbocycles. The monoisotopic (exact) mass is 224 g/mol. The maximum atomic E-state index is 10.9. The predicted molar refractivity (Wildman–Crippen MR) is 64.0 cm³/mol. The van der Waals surface area contributed by atoms with Crippen LogP contribution in [0.5, 0.6) is 0 Å². The molecule has 82 valence electrons. The van der Waals surface area contributed by atoms with Gasteiger partial charge in [-0.15, -0.1) is 11.8 Å². The lowest BCUT2D eigenvalue weighted by atomic mass is 10.2. The highest BCUT2D eigenvalue weighted by Gasteiger charge is 1.97. The van der Waals surface area contributed by atoms with Gasteiger partial charge in [0.15, 0.2) is 0 Å². The predicted octanol–water partition coefficient (Wildman–Crippen LogP) is 1.24. The SMILES string of the molecule is CNC(=O)CNCc1ccc(SC)cc1. The average molecular weight is 224 g/mol. The molecule has 0 aliphatic heterocycles. The van der Waals surface area contributed by atoms with E-state index in [1.807, 2.05) is 0 Å². The molecule has 15 heavy (non-hydrogen) atoms. The molecule has 0 aliphatic rings. The summed E-state index contributed by atoms with van der Waals surface area (Å²) >= 11 is 1.73. The number of thioether (sulfide) groups is 1. The van der Waals surface area contributed by atoms with E-state index in [9.17, 15) is 4.79 Å². The van der Waals surface area contributed by atoms with Crippen LogP contribution in [0.1, 0.15) is 5.56 Å². The van der Waals surface area contributed by atoms with Crippen LogP contribution in [0.3, 0.4) is 0 Å². The first-order valence-electron chi connectivity index (χ1n) is 4.80. The molecule has 0 atom stereocenters. The molecular weight excluding hydrogens is 208 g/mol. The van der Waals surface area contributed by atoms with Crippen LogP contribution in [-0.4, -0.2) is 25.8 Å². The maximum absolute atomic E-state index is 10.9. The molecule has 1 rings (SSSR count). The Bertz CT molecular complexity index is 311. The van der Waals surface area contributed by atoms with Gasteiger partial charge in [-0.2, -0.15) is 0 Å². The molecule has 0 fully saturated rings. The molecule has 1 aromatic carbocycles. The van der Waals surface area contributed by atoms with Crippen LogP contribution in [0.4, 0.5) is 0 Å². The Balaban J connectivity index is 2.34. The molecule has 4 heteroatoms. The highest BCUT2D eigenvalue weighted by Crippen LogP contribution is 2.14. The summed E-state index contributed by atoms with van der Waals surface area (Å²) in [5.41, 5.74) is 1.19. The lowest BCUT2D eigenvalue weighted by molar-refractivity contribution is -0.119. The third-order valence-electron chi connectivity index (χ3n) is 2.05. The van der Waals surface area contributed by atoms with Gasteiger partial charge in [0.1, 0.15) is 0 Å². The number of carbonyl (C=O) groups excluding carboxylic acids is 1. The lowest BCUT2D eigenvalue weighted by Gasteiger charge is -2.04. The number of carbonyl (C=O) groups is 1. The number of hydrogen-bond donors (Lipinski definition) is 2. The molecule has 0 bridgehead atoms. The van der Waals surface area contributed by atoms with Crippen molar-refractivity contribution in [2.24, 2.45) is 0 Å². The average Bonchev–Trinajstić information content (AvgIpc) is 2.29. The molecule has 0 saturated heterocycles. The van der Waals surface area contributed by atoms with Crippen molar-refractivity contribution in [3.05, 3.63) is 29.8 Å². The van der Waals surface area contributed by atoms with Crippen molar-refractivity contribution in [3.8, 4) is 0 Å². The summed E-state index contributed by atoms with van der Waals surface area (Å²) in [4.78, 5) is 12.2. The first-order chi connectivity index (χ1) is 7.26. The molecule has 0 unspecified atom stereocenters. The largest absolute Gasteiger partial charge is 0.358 e. The van der Waals surface area contributed by atoms with E-state index < -0.39 is 0 Å². The standard InChI is InChI=1S/C11H16N2OS/c1-12-11(14)8-13-7-9-3-5-10(15-2)6-4-9/h3-6,13H,7-8H2,1-2H3,(H,12,14). The van der Waals surface area contributed by atoms with Gasteiger partial charge in [0.2, 0.25) is 5.91 Å². The molecule has 0 spiro atoms. The summed E-state index contributed by atoms with van der Waals surface area (Å²) < 4.78 is 0. The van der Waals surface area contributed by atoms with Crippen LogP contribution in [0.2, 0.25) is 0 Å².